The number of halogens is 2. The van der Waals surface area contributed by atoms with Gasteiger partial charge >= 0.3 is 0 Å². The van der Waals surface area contributed by atoms with Crippen molar-refractivity contribution in [2.75, 3.05) is 19.7 Å². The summed E-state index contributed by atoms with van der Waals surface area (Å²) in [5, 5.41) is 5.03. The number of morpholine rings is 1. The van der Waals surface area contributed by atoms with E-state index in [0.717, 1.165) is 5.56 Å². The van der Waals surface area contributed by atoms with E-state index >= 15 is 8.78 Å². The lowest BCUT2D eigenvalue weighted by molar-refractivity contribution is -0.138. The van der Waals surface area contributed by atoms with Crippen molar-refractivity contribution >= 4 is 27.0 Å². The highest BCUT2D eigenvalue weighted by Gasteiger charge is 2.28. The molecule has 1 atom stereocenters. The van der Waals surface area contributed by atoms with Crippen LogP contribution in [0.3, 0.4) is 0 Å². The lowest BCUT2D eigenvalue weighted by Crippen LogP contribution is -2.46. The normalized spacial score (nSPS) is 17.0. The summed E-state index contributed by atoms with van der Waals surface area (Å²) in [6.07, 6.45) is -0.0422. The van der Waals surface area contributed by atoms with Crippen LogP contribution in [0.5, 0.6) is 0 Å². The van der Waals surface area contributed by atoms with Crippen LogP contribution in [0.4, 0.5) is 8.78 Å². The first-order valence-corrected chi connectivity index (χ1v) is 12.0. The number of hydrogen-bond acceptors (Lipinski definition) is 5. The van der Waals surface area contributed by atoms with Gasteiger partial charge in [-0.25, -0.2) is 27.3 Å². The molecule has 2 heterocycles. The zero-order valence-corrected chi connectivity index (χ0v) is 19.0. The number of ether oxygens (including phenoxy) is 1. The SMILES string of the molecule is CCC(=O)N1CCO[C@@H](Cn2c(-c3c(F)cc(S(N)(=O)=O)cc3F)nc3cc(C)ccc32)C1. The fourth-order valence-corrected chi connectivity index (χ4v) is 4.56. The molecule has 0 unspecified atom stereocenters. The van der Waals surface area contributed by atoms with Crippen LogP contribution in [0.25, 0.3) is 22.4 Å². The Morgan fingerprint density at radius 2 is 1.94 bits per heavy atom. The second-order valence-electron chi connectivity index (χ2n) is 8.03. The van der Waals surface area contributed by atoms with E-state index in [1.165, 1.54) is 0 Å². The van der Waals surface area contributed by atoms with Crippen molar-refractivity contribution in [2.24, 2.45) is 5.14 Å². The maximum Gasteiger partial charge on any atom is 0.238 e. The van der Waals surface area contributed by atoms with Crippen molar-refractivity contribution in [3.8, 4) is 11.4 Å². The number of sulfonamides is 1. The number of hydrogen-bond donors (Lipinski definition) is 1. The topological polar surface area (TPSA) is 108 Å². The molecule has 1 amide bonds. The third-order valence-electron chi connectivity index (χ3n) is 5.65. The van der Waals surface area contributed by atoms with Crippen molar-refractivity contribution < 1.29 is 26.7 Å². The van der Waals surface area contributed by atoms with Gasteiger partial charge in [-0.3, -0.25) is 4.79 Å². The highest BCUT2D eigenvalue weighted by Crippen LogP contribution is 2.32. The second kappa shape index (κ2) is 8.81. The van der Waals surface area contributed by atoms with Crippen LogP contribution in [0.1, 0.15) is 18.9 Å². The quantitative estimate of drug-likeness (QED) is 0.607. The van der Waals surface area contributed by atoms with E-state index in [1.54, 1.807) is 28.5 Å². The van der Waals surface area contributed by atoms with Gasteiger partial charge in [-0.1, -0.05) is 13.0 Å². The molecule has 2 N–H and O–H groups in total. The van der Waals surface area contributed by atoms with E-state index in [1.807, 2.05) is 13.0 Å². The van der Waals surface area contributed by atoms with Gasteiger partial charge in [0, 0.05) is 19.5 Å². The molecule has 1 aliphatic heterocycles. The number of amides is 1. The maximum atomic E-state index is 15.0. The van der Waals surface area contributed by atoms with E-state index < -0.39 is 38.2 Å². The first-order valence-electron chi connectivity index (χ1n) is 10.5. The summed E-state index contributed by atoms with van der Waals surface area (Å²) in [5.74, 6) is -2.20. The highest BCUT2D eigenvalue weighted by molar-refractivity contribution is 7.89. The Morgan fingerprint density at radius 1 is 1.24 bits per heavy atom. The molecule has 0 bridgehead atoms. The molecular formula is C22H24F2N4O4S. The summed E-state index contributed by atoms with van der Waals surface area (Å²) in [5.41, 5.74) is 1.61. The molecule has 8 nitrogen and oxygen atoms in total. The number of nitrogens with two attached hydrogens (primary N) is 1. The Morgan fingerprint density at radius 3 is 2.58 bits per heavy atom. The van der Waals surface area contributed by atoms with E-state index in [9.17, 15) is 13.2 Å². The number of primary sulfonamides is 1. The van der Waals surface area contributed by atoms with Gasteiger partial charge in [-0.15, -0.1) is 0 Å². The highest BCUT2D eigenvalue weighted by atomic mass is 32.2. The number of imidazole rings is 1. The average Bonchev–Trinajstić information content (AvgIpc) is 3.09. The number of carbonyl (C=O) groups excluding carboxylic acids is 1. The molecule has 0 spiro atoms. The van der Waals surface area contributed by atoms with Gasteiger partial charge in [0.1, 0.15) is 17.5 Å². The van der Waals surface area contributed by atoms with Gasteiger partial charge < -0.3 is 14.2 Å². The summed E-state index contributed by atoms with van der Waals surface area (Å²) in [6, 6.07) is 6.81. The summed E-state index contributed by atoms with van der Waals surface area (Å²) in [4.78, 5) is 17.7. The number of nitrogens with zero attached hydrogens (tertiary/aromatic N) is 3. The summed E-state index contributed by atoms with van der Waals surface area (Å²) in [7, 11) is -4.29. The Hall–Kier alpha value is -2.89. The standard InChI is InChI=1S/C22H24F2N4O4S/c1-3-20(29)27-6-7-32-14(11-27)12-28-19-5-4-13(2)8-18(19)26-22(28)21-16(23)9-15(10-17(21)24)33(25,30)31/h4-5,8-10,14H,3,6-7,11-12H2,1-2H3,(H2,25,30,31)/t14-/m1/s1. The first-order chi connectivity index (χ1) is 15.6. The molecule has 1 saturated heterocycles. The van der Waals surface area contributed by atoms with E-state index in [0.29, 0.717) is 49.3 Å². The molecule has 1 fully saturated rings. The Balaban J connectivity index is 1.82. The minimum Gasteiger partial charge on any atom is -0.373 e. The van der Waals surface area contributed by atoms with Crippen molar-refractivity contribution in [1.29, 1.82) is 0 Å². The van der Waals surface area contributed by atoms with E-state index in [2.05, 4.69) is 4.98 Å². The van der Waals surface area contributed by atoms with Crippen molar-refractivity contribution in [1.82, 2.24) is 14.5 Å². The van der Waals surface area contributed by atoms with Crippen molar-refractivity contribution in [2.45, 2.75) is 37.8 Å². The largest absolute Gasteiger partial charge is 0.373 e. The summed E-state index contributed by atoms with van der Waals surface area (Å²) in [6.45, 7) is 5.03. The zero-order chi connectivity index (χ0) is 23.9. The average molecular weight is 479 g/mol. The van der Waals surface area contributed by atoms with Gasteiger partial charge in [0.25, 0.3) is 0 Å². The molecule has 4 rings (SSSR count). The number of aryl methyl sites for hydroxylation is 1. The van der Waals surface area contributed by atoms with Gasteiger partial charge in [0.05, 0.1) is 40.7 Å². The molecule has 1 aliphatic rings. The van der Waals surface area contributed by atoms with E-state index in [-0.39, 0.29) is 18.3 Å². The Kier molecular flexibility index (Phi) is 6.21. The zero-order valence-electron chi connectivity index (χ0n) is 18.2. The fourth-order valence-electron chi connectivity index (χ4n) is 4.03. The molecule has 2 aromatic carbocycles. The van der Waals surface area contributed by atoms with Crippen molar-refractivity contribution in [3.63, 3.8) is 0 Å². The number of benzene rings is 2. The lowest BCUT2D eigenvalue weighted by Gasteiger charge is -2.33. The molecule has 0 radical (unpaired) electrons. The minimum absolute atomic E-state index is 0.00492. The maximum absolute atomic E-state index is 15.0. The number of rotatable bonds is 5. The number of carbonyl (C=O) groups is 1. The Bertz CT molecular complexity index is 1320. The summed E-state index contributed by atoms with van der Waals surface area (Å²) >= 11 is 0. The smallest absolute Gasteiger partial charge is 0.238 e. The summed E-state index contributed by atoms with van der Waals surface area (Å²) < 4.78 is 60.7. The van der Waals surface area contributed by atoms with Crippen LogP contribution in [0.15, 0.2) is 35.2 Å². The van der Waals surface area contributed by atoms with Crippen LogP contribution >= 0.6 is 0 Å². The predicted molar refractivity (Wildman–Crippen MR) is 118 cm³/mol. The first kappa shape index (κ1) is 23.3. The van der Waals surface area contributed by atoms with Crippen LogP contribution in [0, 0.1) is 18.6 Å². The van der Waals surface area contributed by atoms with Gasteiger partial charge in [-0.2, -0.15) is 0 Å². The molecule has 0 saturated carbocycles. The number of fused-ring (bicyclic) bond motifs is 1. The second-order valence-corrected chi connectivity index (χ2v) is 9.59. The molecule has 33 heavy (non-hydrogen) atoms. The fraction of sp³-hybridized carbons (Fsp3) is 0.364. The molecule has 1 aromatic heterocycles. The predicted octanol–water partition coefficient (Wildman–Crippen LogP) is 2.57. The minimum atomic E-state index is -4.29. The van der Waals surface area contributed by atoms with Gasteiger partial charge in [-0.05, 0) is 36.8 Å². The third-order valence-corrected chi connectivity index (χ3v) is 6.54. The molecule has 11 heteroatoms. The van der Waals surface area contributed by atoms with Crippen LogP contribution in [-0.4, -0.2) is 54.6 Å². The number of aromatic nitrogens is 2. The molecule has 0 aliphatic carbocycles. The van der Waals surface area contributed by atoms with Crippen molar-refractivity contribution in [3.05, 3.63) is 47.5 Å². The van der Waals surface area contributed by atoms with Crippen LogP contribution < -0.4 is 5.14 Å². The Labute approximate surface area is 190 Å². The third kappa shape index (κ3) is 4.61. The molecule has 3 aromatic rings. The van der Waals surface area contributed by atoms with E-state index in [4.69, 9.17) is 9.88 Å². The van der Waals surface area contributed by atoms with Gasteiger partial charge in [0.15, 0.2) is 0 Å². The van der Waals surface area contributed by atoms with Crippen LogP contribution in [0.2, 0.25) is 0 Å². The molecular weight excluding hydrogens is 454 g/mol. The lowest BCUT2D eigenvalue weighted by atomic mass is 10.1. The monoisotopic (exact) mass is 478 g/mol. The molecule has 176 valence electrons. The van der Waals surface area contributed by atoms with Gasteiger partial charge in [0.2, 0.25) is 15.9 Å². The van der Waals surface area contributed by atoms with Crippen LogP contribution in [-0.2, 0) is 26.1 Å².